The fourth-order valence-electron chi connectivity index (χ4n) is 3.29. The van der Waals surface area contributed by atoms with Gasteiger partial charge in [-0.3, -0.25) is 9.69 Å². The van der Waals surface area contributed by atoms with Gasteiger partial charge >= 0.3 is 6.09 Å². The number of carbonyl (C=O) groups is 2. The molecule has 0 saturated heterocycles. The molecule has 0 bridgehead atoms. The van der Waals surface area contributed by atoms with Gasteiger partial charge in [-0.1, -0.05) is 30.3 Å². The molecule has 150 valence electrons. The van der Waals surface area contributed by atoms with Crippen LogP contribution in [0.25, 0.3) is 10.8 Å². The number of rotatable bonds is 4. The lowest BCUT2D eigenvalue weighted by molar-refractivity contribution is -0.122. The van der Waals surface area contributed by atoms with E-state index in [1.807, 2.05) is 6.07 Å². The zero-order chi connectivity index (χ0) is 21.2. The first-order valence-electron chi connectivity index (χ1n) is 9.14. The summed E-state index contributed by atoms with van der Waals surface area (Å²) in [7, 11) is 0. The highest BCUT2D eigenvalue weighted by atomic mass is 16.4. The van der Waals surface area contributed by atoms with Crippen molar-refractivity contribution >= 4 is 28.5 Å². The van der Waals surface area contributed by atoms with Gasteiger partial charge in [0.05, 0.1) is 0 Å². The fraction of sp³-hybridized carbons (Fsp3) is 0.227. The maximum Gasteiger partial charge on any atom is 0.408 e. The van der Waals surface area contributed by atoms with Gasteiger partial charge in [0.15, 0.2) is 0 Å². The van der Waals surface area contributed by atoms with E-state index < -0.39 is 23.6 Å². The number of carbonyl (C=O) groups excluding carboxylic acids is 1. The Bertz CT molecular complexity index is 1040. The van der Waals surface area contributed by atoms with Crippen LogP contribution in [0.1, 0.15) is 32.4 Å². The third kappa shape index (κ3) is 4.29. The van der Waals surface area contributed by atoms with Crippen LogP contribution >= 0.6 is 0 Å². The molecule has 0 aliphatic rings. The van der Waals surface area contributed by atoms with Crippen LogP contribution in [-0.4, -0.2) is 37.6 Å². The smallest absolute Gasteiger partial charge is 0.408 e. The molecule has 0 unspecified atom stereocenters. The molecule has 7 heteroatoms. The third-order valence-corrected chi connectivity index (χ3v) is 4.56. The number of nitrogens with zero attached hydrogens (tertiary/aromatic N) is 2. The molecule has 2 aromatic carbocycles. The van der Waals surface area contributed by atoms with Crippen LogP contribution in [-0.2, 0) is 4.79 Å². The van der Waals surface area contributed by atoms with E-state index in [9.17, 15) is 19.8 Å². The summed E-state index contributed by atoms with van der Waals surface area (Å²) < 4.78 is 0. The topological polar surface area (TPSA) is 103 Å². The number of fused-ring (bicyclic) bond motifs is 1. The molecule has 1 heterocycles. The summed E-state index contributed by atoms with van der Waals surface area (Å²) in [6, 6.07) is 14.5. The second-order valence-corrected chi connectivity index (χ2v) is 7.70. The minimum atomic E-state index is -1.18. The number of hydrogen-bond donors (Lipinski definition) is 3. The summed E-state index contributed by atoms with van der Waals surface area (Å²) in [4.78, 5) is 30.3. The number of hydrogen-bond acceptors (Lipinski definition) is 4. The van der Waals surface area contributed by atoms with Gasteiger partial charge in [-0.05, 0) is 56.0 Å². The van der Waals surface area contributed by atoms with Crippen LogP contribution in [0.15, 0.2) is 60.8 Å². The van der Waals surface area contributed by atoms with Gasteiger partial charge in [0, 0.05) is 22.8 Å². The van der Waals surface area contributed by atoms with Crippen LogP contribution < -0.4 is 5.32 Å². The molecule has 1 atom stereocenters. The fourth-order valence-corrected chi connectivity index (χ4v) is 3.29. The molecule has 3 aromatic rings. The zero-order valence-electron chi connectivity index (χ0n) is 16.5. The van der Waals surface area contributed by atoms with Crippen molar-refractivity contribution in [2.45, 2.75) is 32.4 Å². The Balaban J connectivity index is 2.00. The summed E-state index contributed by atoms with van der Waals surface area (Å²) in [6.07, 6.45) is 0.290. The predicted molar refractivity (Wildman–Crippen MR) is 111 cm³/mol. The number of amides is 2. The zero-order valence-corrected chi connectivity index (χ0v) is 16.5. The molecule has 7 nitrogen and oxygen atoms in total. The molecule has 3 rings (SSSR count). The van der Waals surface area contributed by atoms with Gasteiger partial charge in [-0.25, -0.2) is 9.78 Å². The van der Waals surface area contributed by atoms with E-state index in [2.05, 4.69) is 10.3 Å². The van der Waals surface area contributed by atoms with Crippen molar-refractivity contribution in [1.82, 2.24) is 9.88 Å². The highest BCUT2D eigenvalue weighted by Gasteiger charge is 2.38. The van der Waals surface area contributed by atoms with E-state index >= 15 is 0 Å². The van der Waals surface area contributed by atoms with Crippen molar-refractivity contribution in [3.05, 3.63) is 66.4 Å². The van der Waals surface area contributed by atoms with Gasteiger partial charge < -0.3 is 15.5 Å². The minimum absolute atomic E-state index is 0.0904. The summed E-state index contributed by atoms with van der Waals surface area (Å²) in [5.74, 6) is -0.557. The molecule has 0 aliphatic heterocycles. The molecule has 0 radical (unpaired) electrons. The second-order valence-electron chi connectivity index (χ2n) is 7.70. The summed E-state index contributed by atoms with van der Waals surface area (Å²) in [6.45, 7) is 5.24. The summed E-state index contributed by atoms with van der Waals surface area (Å²) in [5, 5.41) is 23.8. The first-order valence-corrected chi connectivity index (χ1v) is 9.14. The lowest BCUT2D eigenvalue weighted by Crippen LogP contribution is -2.50. The Hall–Kier alpha value is -3.61. The average Bonchev–Trinajstić information content (AvgIpc) is 2.65. The number of anilines is 1. The Kier molecular flexibility index (Phi) is 5.41. The number of aromatic hydroxyl groups is 1. The van der Waals surface area contributed by atoms with Gasteiger partial charge in [0.2, 0.25) is 5.88 Å². The van der Waals surface area contributed by atoms with Crippen molar-refractivity contribution in [2.75, 3.05) is 5.32 Å². The number of pyridine rings is 1. The molecule has 29 heavy (non-hydrogen) atoms. The molecule has 0 fully saturated rings. The van der Waals surface area contributed by atoms with Gasteiger partial charge in [0.25, 0.3) is 5.91 Å². The highest BCUT2D eigenvalue weighted by Crippen LogP contribution is 2.31. The number of aromatic nitrogens is 1. The molecular formula is C22H23N3O4. The van der Waals surface area contributed by atoms with E-state index in [-0.39, 0.29) is 5.88 Å². The first kappa shape index (κ1) is 20.1. The molecule has 0 saturated carbocycles. The quantitative estimate of drug-likeness (QED) is 0.610. The Morgan fingerprint density at radius 2 is 1.76 bits per heavy atom. The number of carboxylic acid groups (broad SMARTS) is 1. The van der Waals surface area contributed by atoms with Crippen molar-refractivity contribution in [1.29, 1.82) is 0 Å². The largest absolute Gasteiger partial charge is 0.493 e. The summed E-state index contributed by atoms with van der Waals surface area (Å²) >= 11 is 0. The number of nitrogens with one attached hydrogen (secondary N) is 1. The van der Waals surface area contributed by atoms with E-state index in [1.165, 1.54) is 6.20 Å². The Morgan fingerprint density at radius 3 is 2.38 bits per heavy atom. The van der Waals surface area contributed by atoms with E-state index in [4.69, 9.17) is 0 Å². The van der Waals surface area contributed by atoms with Gasteiger partial charge in [-0.15, -0.1) is 0 Å². The Morgan fingerprint density at radius 1 is 1.07 bits per heavy atom. The van der Waals surface area contributed by atoms with E-state index in [0.29, 0.717) is 22.0 Å². The minimum Gasteiger partial charge on any atom is -0.493 e. The van der Waals surface area contributed by atoms with E-state index in [1.54, 1.807) is 69.3 Å². The van der Waals surface area contributed by atoms with Crippen molar-refractivity contribution in [2.24, 2.45) is 0 Å². The molecule has 0 spiro atoms. The number of benzene rings is 2. The monoisotopic (exact) mass is 393 g/mol. The van der Waals surface area contributed by atoms with Crippen LogP contribution in [0.4, 0.5) is 10.5 Å². The molecule has 0 aliphatic carbocycles. The molecule has 3 N–H and O–H groups in total. The van der Waals surface area contributed by atoms with Gasteiger partial charge in [-0.2, -0.15) is 0 Å². The SMILES string of the molecule is CC(C)(C)N(C(=O)O)[C@@H](C(=O)Nc1ccc2c(O)nccc2c1)c1ccccc1. The third-order valence-electron chi connectivity index (χ3n) is 4.56. The molecule has 2 amide bonds. The van der Waals surface area contributed by atoms with Crippen molar-refractivity contribution < 1.29 is 19.8 Å². The molecular weight excluding hydrogens is 370 g/mol. The highest BCUT2D eigenvalue weighted by molar-refractivity contribution is 5.99. The van der Waals surface area contributed by atoms with Crippen molar-refractivity contribution in [3.8, 4) is 5.88 Å². The lowest BCUT2D eigenvalue weighted by Gasteiger charge is -2.39. The predicted octanol–water partition coefficient (Wildman–Crippen LogP) is 4.40. The normalized spacial score (nSPS) is 12.4. The second kappa shape index (κ2) is 7.79. The average molecular weight is 393 g/mol. The van der Waals surface area contributed by atoms with Crippen molar-refractivity contribution in [3.63, 3.8) is 0 Å². The maximum atomic E-state index is 13.2. The van der Waals surface area contributed by atoms with Crippen LogP contribution in [0.2, 0.25) is 0 Å². The maximum absolute atomic E-state index is 13.2. The van der Waals surface area contributed by atoms with E-state index in [0.717, 1.165) is 4.90 Å². The van der Waals surface area contributed by atoms with Gasteiger partial charge in [0.1, 0.15) is 6.04 Å². The summed E-state index contributed by atoms with van der Waals surface area (Å²) in [5.41, 5.74) is 0.267. The van der Waals surface area contributed by atoms with Crippen LogP contribution in [0.5, 0.6) is 5.88 Å². The van der Waals surface area contributed by atoms with Crippen LogP contribution in [0.3, 0.4) is 0 Å². The standard InChI is InChI=1S/C22H23N3O4/c1-22(2,3)25(21(28)29)18(14-7-5-4-6-8-14)20(27)24-16-9-10-17-15(13-16)11-12-23-19(17)26/h4-13,18H,1-3H3,(H,23,26)(H,24,27)(H,28,29)/t18-/m1/s1. The lowest BCUT2D eigenvalue weighted by atomic mass is 9.97. The first-order chi connectivity index (χ1) is 13.7. The molecule has 1 aromatic heterocycles. The Labute approximate surface area is 168 Å². The van der Waals surface area contributed by atoms with Crippen LogP contribution in [0, 0.1) is 0 Å².